The average Bonchev–Trinajstić information content (AvgIpc) is 3.44. The van der Waals surface area contributed by atoms with Crippen LogP contribution in [0.4, 0.5) is 5.69 Å². The molecule has 5 rings (SSSR count). The first-order valence-electron chi connectivity index (χ1n) is 10.8. The van der Waals surface area contributed by atoms with Crippen LogP contribution in [0.5, 0.6) is 0 Å². The first-order chi connectivity index (χ1) is 15.2. The number of hydrogen-bond donors (Lipinski definition) is 2. The lowest BCUT2D eigenvalue weighted by Crippen LogP contribution is -2.40. The van der Waals surface area contributed by atoms with Crippen molar-refractivity contribution < 1.29 is 4.79 Å². The molecule has 0 bridgehead atoms. The highest BCUT2D eigenvalue weighted by atomic mass is 16.1. The Labute approximate surface area is 181 Å². The summed E-state index contributed by atoms with van der Waals surface area (Å²) in [4.78, 5) is 15.4. The summed E-state index contributed by atoms with van der Waals surface area (Å²) in [6.07, 6.45) is 5.93. The molecule has 1 aliphatic rings. The maximum absolute atomic E-state index is 12.9. The van der Waals surface area contributed by atoms with Gasteiger partial charge in [0.1, 0.15) is 0 Å². The van der Waals surface area contributed by atoms with E-state index in [0.717, 1.165) is 49.4 Å². The molecule has 6 nitrogen and oxygen atoms in total. The first-order valence-corrected chi connectivity index (χ1v) is 10.8. The Balaban J connectivity index is 1.23. The number of aryl methyl sites for hydroxylation is 1. The van der Waals surface area contributed by atoms with E-state index in [2.05, 4.69) is 62.5 Å². The number of para-hydroxylation sites is 1. The van der Waals surface area contributed by atoms with E-state index in [4.69, 9.17) is 0 Å². The fraction of sp³-hybridized carbons (Fsp3) is 0.280. The molecule has 0 aliphatic carbocycles. The fourth-order valence-electron chi connectivity index (χ4n) is 4.60. The monoisotopic (exact) mass is 413 g/mol. The van der Waals surface area contributed by atoms with E-state index >= 15 is 0 Å². The molecule has 4 aromatic rings. The number of nitrogens with zero attached hydrogens (tertiary/aromatic N) is 3. The maximum Gasteiger partial charge on any atom is 0.228 e. The SMILES string of the molecule is Cn1cc(CN2CCCC(C(=O)Nc3ccc(-c4ccn[nH]4)cc3)C2)c2ccccc21. The number of aromatic nitrogens is 3. The third kappa shape index (κ3) is 4.11. The fourth-order valence-corrected chi connectivity index (χ4v) is 4.60. The van der Waals surface area contributed by atoms with Gasteiger partial charge in [-0.15, -0.1) is 0 Å². The molecule has 0 radical (unpaired) electrons. The van der Waals surface area contributed by atoms with Crippen molar-refractivity contribution in [1.29, 1.82) is 0 Å². The number of nitrogens with one attached hydrogen (secondary N) is 2. The van der Waals surface area contributed by atoms with E-state index in [1.807, 2.05) is 30.3 Å². The van der Waals surface area contributed by atoms with Crippen LogP contribution in [-0.2, 0) is 18.4 Å². The van der Waals surface area contributed by atoms with Gasteiger partial charge in [-0.1, -0.05) is 30.3 Å². The Morgan fingerprint density at radius 1 is 1.16 bits per heavy atom. The molecule has 2 aromatic heterocycles. The highest BCUT2D eigenvalue weighted by molar-refractivity contribution is 5.93. The van der Waals surface area contributed by atoms with Crippen LogP contribution in [0.1, 0.15) is 18.4 Å². The zero-order valence-electron chi connectivity index (χ0n) is 17.7. The molecule has 3 heterocycles. The summed E-state index contributed by atoms with van der Waals surface area (Å²) in [5.74, 6) is 0.118. The molecule has 1 unspecified atom stereocenters. The molecule has 6 heteroatoms. The minimum Gasteiger partial charge on any atom is -0.350 e. The van der Waals surface area contributed by atoms with Crippen molar-refractivity contribution in [3.05, 3.63) is 72.6 Å². The van der Waals surface area contributed by atoms with Crippen molar-refractivity contribution in [2.45, 2.75) is 19.4 Å². The predicted molar refractivity (Wildman–Crippen MR) is 124 cm³/mol. The number of H-pyrrole nitrogens is 1. The minimum absolute atomic E-state index is 0.0102. The molecule has 1 amide bonds. The number of amides is 1. The molecule has 0 spiro atoms. The van der Waals surface area contributed by atoms with Gasteiger partial charge in [0.05, 0.1) is 11.6 Å². The van der Waals surface area contributed by atoms with Crippen LogP contribution < -0.4 is 5.32 Å². The zero-order valence-corrected chi connectivity index (χ0v) is 17.7. The molecule has 1 aliphatic heterocycles. The molecule has 1 atom stereocenters. The number of aromatic amines is 1. The van der Waals surface area contributed by atoms with E-state index in [9.17, 15) is 4.79 Å². The Kier molecular flexibility index (Phi) is 5.30. The average molecular weight is 414 g/mol. The van der Waals surface area contributed by atoms with Gasteiger partial charge in [-0.25, -0.2) is 0 Å². The number of likely N-dealkylation sites (tertiary alicyclic amines) is 1. The predicted octanol–water partition coefficient (Wildman–Crippen LogP) is 4.42. The molecular formula is C25H27N5O. The van der Waals surface area contributed by atoms with Gasteiger partial charge in [0.25, 0.3) is 0 Å². The summed E-state index contributed by atoms with van der Waals surface area (Å²) in [6.45, 7) is 2.71. The number of hydrogen-bond acceptors (Lipinski definition) is 3. The number of carbonyl (C=O) groups is 1. The van der Waals surface area contributed by atoms with E-state index in [0.29, 0.717) is 0 Å². The second-order valence-electron chi connectivity index (χ2n) is 8.39. The Morgan fingerprint density at radius 2 is 2.00 bits per heavy atom. The minimum atomic E-state index is 0.0102. The Morgan fingerprint density at radius 3 is 2.81 bits per heavy atom. The summed E-state index contributed by atoms with van der Waals surface area (Å²) < 4.78 is 2.19. The standard InChI is InChI=1S/C25H27N5O/c1-29-15-20(22-6-2-3-7-24(22)29)17-30-14-4-5-19(16-30)25(31)27-21-10-8-18(9-11-21)23-12-13-26-28-23/h2-3,6-13,15,19H,4-5,14,16-17H2,1H3,(H,26,28)(H,27,31). The second-order valence-corrected chi connectivity index (χ2v) is 8.39. The maximum atomic E-state index is 12.9. The lowest BCUT2D eigenvalue weighted by molar-refractivity contribution is -0.121. The lowest BCUT2D eigenvalue weighted by Gasteiger charge is -2.31. The van der Waals surface area contributed by atoms with Crippen molar-refractivity contribution in [1.82, 2.24) is 19.7 Å². The van der Waals surface area contributed by atoms with Crippen LogP contribution in [0.25, 0.3) is 22.2 Å². The van der Waals surface area contributed by atoms with E-state index in [-0.39, 0.29) is 11.8 Å². The topological polar surface area (TPSA) is 66.0 Å². The largest absolute Gasteiger partial charge is 0.350 e. The van der Waals surface area contributed by atoms with Gasteiger partial charge in [-0.2, -0.15) is 5.10 Å². The molecule has 1 fully saturated rings. The molecule has 2 N–H and O–H groups in total. The van der Waals surface area contributed by atoms with Gasteiger partial charge < -0.3 is 9.88 Å². The van der Waals surface area contributed by atoms with Gasteiger partial charge in [0.2, 0.25) is 5.91 Å². The third-order valence-electron chi connectivity index (χ3n) is 6.21. The molecule has 158 valence electrons. The third-order valence-corrected chi connectivity index (χ3v) is 6.21. The summed E-state index contributed by atoms with van der Waals surface area (Å²) in [6, 6.07) is 18.3. The van der Waals surface area contributed by atoms with Gasteiger partial charge in [0.15, 0.2) is 0 Å². The summed E-state index contributed by atoms with van der Waals surface area (Å²) in [7, 11) is 2.09. The Bertz CT molecular complexity index is 1180. The molecule has 2 aromatic carbocycles. The van der Waals surface area contributed by atoms with Gasteiger partial charge >= 0.3 is 0 Å². The van der Waals surface area contributed by atoms with Gasteiger partial charge in [-0.05, 0) is 54.8 Å². The van der Waals surface area contributed by atoms with Crippen LogP contribution >= 0.6 is 0 Å². The number of anilines is 1. The van der Waals surface area contributed by atoms with Crippen LogP contribution in [0.15, 0.2) is 67.0 Å². The second kappa shape index (κ2) is 8.40. The van der Waals surface area contributed by atoms with Gasteiger partial charge in [0, 0.05) is 49.1 Å². The summed E-state index contributed by atoms with van der Waals surface area (Å²) in [5, 5.41) is 11.3. The number of benzene rings is 2. The van der Waals surface area contributed by atoms with Crippen LogP contribution in [-0.4, -0.2) is 38.7 Å². The molecule has 31 heavy (non-hydrogen) atoms. The van der Waals surface area contributed by atoms with Crippen molar-refractivity contribution in [3.63, 3.8) is 0 Å². The van der Waals surface area contributed by atoms with Crippen LogP contribution in [0.2, 0.25) is 0 Å². The number of fused-ring (bicyclic) bond motifs is 1. The number of piperidine rings is 1. The molecular weight excluding hydrogens is 386 g/mol. The smallest absolute Gasteiger partial charge is 0.228 e. The number of carbonyl (C=O) groups excluding carboxylic acids is 1. The van der Waals surface area contributed by atoms with E-state index in [1.54, 1.807) is 6.20 Å². The summed E-state index contributed by atoms with van der Waals surface area (Å²) in [5.41, 5.74) is 5.43. The van der Waals surface area contributed by atoms with Crippen LogP contribution in [0.3, 0.4) is 0 Å². The summed E-state index contributed by atoms with van der Waals surface area (Å²) >= 11 is 0. The normalized spacial score (nSPS) is 17.1. The quantitative estimate of drug-likeness (QED) is 0.509. The zero-order chi connectivity index (χ0) is 21.2. The van der Waals surface area contributed by atoms with E-state index in [1.165, 1.54) is 16.5 Å². The molecule has 1 saturated heterocycles. The van der Waals surface area contributed by atoms with Crippen molar-refractivity contribution in [3.8, 4) is 11.3 Å². The molecule has 0 saturated carbocycles. The Hall–Kier alpha value is -3.38. The van der Waals surface area contributed by atoms with Crippen molar-refractivity contribution >= 4 is 22.5 Å². The van der Waals surface area contributed by atoms with Crippen molar-refractivity contribution in [2.75, 3.05) is 18.4 Å². The number of rotatable bonds is 5. The first kappa shape index (κ1) is 19.6. The highest BCUT2D eigenvalue weighted by Gasteiger charge is 2.26. The van der Waals surface area contributed by atoms with E-state index < -0.39 is 0 Å². The lowest BCUT2D eigenvalue weighted by atomic mass is 9.96. The van der Waals surface area contributed by atoms with Crippen molar-refractivity contribution in [2.24, 2.45) is 13.0 Å². The highest BCUT2D eigenvalue weighted by Crippen LogP contribution is 2.26. The van der Waals surface area contributed by atoms with Crippen LogP contribution in [0, 0.1) is 5.92 Å². The van der Waals surface area contributed by atoms with Gasteiger partial charge in [-0.3, -0.25) is 14.8 Å².